The minimum absolute atomic E-state index is 0.102. The molecule has 2 aromatic carbocycles. The lowest BCUT2D eigenvalue weighted by Crippen LogP contribution is -2.51. The van der Waals surface area contributed by atoms with Crippen LogP contribution in [-0.4, -0.2) is 43.7 Å². The van der Waals surface area contributed by atoms with Crippen LogP contribution in [0.15, 0.2) is 42.5 Å². The van der Waals surface area contributed by atoms with Gasteiger partial charge in [-0.05, 0) is 61.4 Å². The Balaban J connectivity index is 1.32. The fraction of sp³-hybridized carbons (Fsp3) is 0.500. The van der Waals surface area contributed by atoms with Crippen molar-refractivity contribution in [3.63, 3.8) is 0 Å². The van der Waals surface area contributed by atoms with E-state index in [1.807, 2.05) is 6.07 Å². The molecule has 1 atom stereocenters. The van der Waals surface area contributed by atoms with E-state index in [0.29, 0.717) is 18.2 Å². The van der Waals surface area contributed by atoms with Gasteiger partial charge in [-0.3, -0.25) is 14.4 Å². The van der Waals surface area contributed by atoms with Gasteiger partial charge in [-0.2, -0.15) is 0 Å². The summed E-state index contributed by atoms with van der Waals surface area (Å²) < 4.78 is 32.5. The van der Waals surface area contributed by atoms with E-state index < -0.39 is 10.0 Å². The van der Waals surface area contributed by atoms with Gasteiger partial charge in [0.25, 0.3) is 0 Å². The standard InChI is InChI=1S/C26H33N3O4S/c1-18(30)27-24-16-26(33-25-8-7-21(15-23(24)25)28-34(2,31)32)12-9-22(10-13-26)29-14-11-19-5-3-4-6-20(19)17-29/h3-8,15,22,24,28H,9-14,16-17H2,1-2H3,(H,27,30). The minimum Gasteiger partial charge on any atom is -0.487 e. The van der Waals surface area contributed by atoms with E-state index in [9.17, 15) is 13.2 Å². The second-order valence-corrected chi connectivity index (χ2v) is 11.8. The molecule has 0 radical (unpaired) electrons. The van der Waals surface area contributed by atoms with Gasteiger partial charge in [0.2, 0.25) is 15.9 Å². The molecule has 8 heteroatoms. The molecule has 1 spiro atoms. The highest BCUT2D eigenvalue weighted by atomic mass is 32.2. The van der Waals surface area contributed by atoms with E-state index >= 15 is 0 Å². The molecule has 5 rings (SSSR count). The number of fused-ring (bicyclic) bond motifs is 2. The molecule has 34 heavy (non-hydrogen) atoms. The molecule has 0 saturated heterocycles. The Morgan fingerprint density at radius 2 is 1.85 bits per heavy atom. The molecule has 1 aliphatic carbocycles. The van der Waals surface area contributed by atoms with Crippen molar-refractivity contribution < 1.29 is 17.9 Å². The molecule has 2 aliphatic heterocycles. The number of hydrogen-bond donors (Lipinski definition) is 2. The Morgan fingerprint density at radius 3 is 2.56 bits per heavy atom. The molecule has 1 amide bonds. The van der Waals surface area contributed by atoms with E-state index in [1.165, 1.54) is 18.1 Å². The van der Waals surface area contributed by atoms with Crippen molar-refractivity contribution in [2.24, 2.45) is 0 Å². The molecule has 0 aromatic heterocycles. The number of nitrogens with zero attached hydrogens (tertiary/aromatic N) is 1. The van der Waals surface area contributed by atoms with Gasteiger partial charge in [-0.15, -0.1) is 0 Å². The quantitative estimate of drug-likeness (QED) is 0.692. The summed E-state index contributed by atoms with van der Waals surface area (Å²) in [5, 5.41) is 3.08. The van der Waals surface area contributed by atoms with Crippen molar-refractivity contribution in [3.05, 3.63) is 59.2 Å². The number of benzene rings is 2. The van der Waals surface area contributed by atoms with E-state index in [1.54, 1.807) is 12.1 Å². The second kappa shape index (κ2) is 8.89. The zero-order chi connectivity index (χ0) is 23.9. The van der Waals surface area contributed by atoms with E-state index in [0.717, 1.165) is 62.8 Å². The van der Waals surface area contributed by atoms with Crippen LogP contribution in [0.4, 0.5) is 5.69 Å². The number of rotatable bonds is 4. The Bertz CT molecular complexity index is 1190. The first-order chi connectivity index (χ1) is 16.2. The molecular formula is C26H33N3O4S. The van der Waals surface area contributed by atoms with Gasteiger partial charge in [0.15, 0.2) is 0 Å². The van der Waals surface area contributed by atoms with E-state index in [2.05, 4.69) is 39.2 Å². The van der Waals surface area contributed by atoms with Crippen LogP contribution in [-0.2, 0) is 27.8 Å². The van der Waals surface area contributed by atoms with Crippen LogP contribution in [0.1, 0.15) is 61.8 Å². The summed E-state index contributed by atoms with van der Waals surface area (Å²) in [7, 11) is -3.39. The van der Waals surface area contributed by atoms with Crippen molar-refractivity contribution in [2.75, 3.05) is 17.5 Å². The number of carbonyl (C=O) groups excluding carboxylic acids is 1. The van der Waals surface area contributed by atoms with Gasteiger partial charge in [0.1, 0.15) is 11.4 Å². The number of hydrogen-bond acceptors (Lipinski definition) is 5. The molecule has 0 bridgehead atoms. The molecule has 1 unspecified atom stereocenters. The van der Waals surface area contributed by atoms with Gasteiger partial charge in [-0.1, -0.05) is 24.3 Å². The topological polar surface area (TPSA) is 87.7 Å². The van der Waals surface area contributed by atoms with E-state index in [-0.39, 0.29) is 17.6 Å². The lowest BCUT2D eigenvalue weighted by atomic mass is 9.74. The second-order valence-electron chi connectivity index (χ2n) is 10.1. The third-order valence-electron chi connectivity index (χ3n) is 7.51. The predicted octanol–water partition coefficient (Wildman–Crippen LogP) is 3.76. The summed E-state index contributed by atoms with van der Waals surface area (Å²) in [5.74, 6) is 0.629. The zero-order valence-corrected chi connectivity index (χ0v) is 20.7. The molecule has 1 fully saturated rings. The first kappa shape index (κ1) is 23.2. The number of amides is 1. The first-order valence-corrected chi connectivity index (χ1v) is 14.0. The number of sulfonamides is 1. The maximum absolute atomic E-state index is 12.0. The summed E-state index contributed by atoms with van der Waals surface area (Å²) in [4.78, 5) is 14.6. The molecule has 7 nitrogen and oxygen atoms in total. The number of nitrogens with one attached hydrogen (secondary N) is 2. The SMILES string of the molecule is CC(=O)NC1CC2(CCC(N3CCc4ccccc4C3)CC2)Oc2ccc(NS(C)(=O)=O)cc21. The highest BCUT2D eigenvalue weighted by Crippen LogP contribution is 2.47. The minimum atomic E-state index is -3.39. The normalized spacial score (nSPS) is 26.8. The Labute approximate surface area is 201 Å². The smallest absolute Gasteiger partial charge is 0.229 e. The summed E-state index contributed by atoms with van der Waals surface area (Å²) in [5.41, 5.74) is 3.91. The highest BCUT2D eigenvalue weighted by molar-refractivity contribution is 7.92. The van der Waals surface area contributed by atoms with Gasteiger partial charge in [-0.25, -0.2) is 8.42 Å². The van der Waals surface area contributed by atoms with Crippen molar-refractivity contribution in [2.45, 2.75) is 69.7 Å². The Morgan fingerprint density at radius 1 is 1.12 bits per heavy atom. The summed E-state index contributed by atoms with van der Waals surface area (Å²) in [6.07, 6.45) is 6.94. The van der Waals surface area contributed by atoms with Crippen molar-refractivity contribution >= 4 is 21.6 Å². The van der Waals surface area contributed by atoms with E-state index in [4.69, 9.17) is 4.74 Å². The zero-order valence-electron chi connectivity index (χ0n) is 19.8. The first-order valence-electron chi connectivity index (χ1n) is 12.1. The molecule has 182 valence electrons. The fourth-order valence-corrected chi connectivity index (χ4v) is 6.51. The summed E-state index contributed by atoms with van der Waals surface area (Å²) >= 11 is 0. The monoisotopic (exact) mass is 483 g/mol. The van der Waals surface area contributed by atoms with Crippen LogP contribution in [0.5, 0.6) is 5.75 Å². The van der Waals surface area contributed by atoms with Crippen LogP contribution < -0.4 is 14.8 Å². The lowest BCUT2D eigenvalue weighted by Gasteiger charge is -2.48. The van der Waals surface area contributed by atoms with Gasteiger partial charge in [0, 0.05) is 43.7 Å². The molecule has 3 aliphatic rings. The van der Waals surface area contributed by atoms with Crippen molar-refractivity contribution in [1.29, 1.82) is 0 Å². The molecule has 1 saturated carbocycles. The average molecular weight is 484 g/mol. The predicted molar refractivity (Wildman–Crippen MR) is 132 cm³/mol. The Hall–Kier alpha value is -2.58. The third-order valence-corrected chi connectivity index (χ3v) is 8.12. The third kappa shape index (κ3) is 4.93. The molecule has 2 heterocycles. The van der Waals surface area contributed by atoms with Gasteiger partial charge < -0.3 is 10.1 Å². The van der Waals surface area contributed by atoms with Crippen LogP contribution in [0, 0.1) is 0 Å². The number of carbonyl (C=O) groups is 1. The van der Waals surface area contributed by atoms with Gasteiger partial charge in [0.05, 0.1) is 12.3 Å². The maximum atomic E-state index is 12.0. The van der Waals surface area contributed by atoms with Crippen molar-refractivity contribution in [3.8, 4) is 5.75 Å². The van der Waals surface area contributed by atoms with Crippen LogP contribution in [0.2, 0.25) is 0 Å². The van der Waals surface area contributed by atoms with Crippen LogP contribution >= 0.6 is 0 Å². The van der Waals surface area contributed by atoms with Crippen LogP contribution in [0.3, 0.4) is 0 Å². The lowest BCUT2D eigenvalue weighted by molar-refractivity contribution is -0.120. The van der Waals surface area contributed by atoms with Gasteiger partial charge >= 0.3 is 0 Å². The molecule has 2 aromatic rings. The molecular weight excluding hydrogens is 450 g/mol. The van der Waals surface area contributed by atoms with Crippen LogP contribution in [0.25, 0.3) is 0 Å². The summed E-state index contributed by atoms with van der Waals surface area (Å²) in [6.45, 7) is 3.64. The number of ether oxygens (including phenoxy) is 1. The fourth-order valence-electron chi connectivity index (χ4n) is 5.95. The van der Waals surface area contributed by atoms with Crippen molar-refractivity contribution in [1.82, 2.24) is 10.2 Å². The maximum Gasteiger partial charge on any atom is 0.229 e. The Kier molecular flexibility index (Phi) is 6.06. The highest BCUT2D eigenvalue weighted by Gasteiger charge is 2.45. The number of anilines is 1. The summed E-state index contributed by atoms with van der Waals surface area (Å²) in [6, 6.07) is 14.4. The largest absolute Gasteiger partial charge is 0.487 e. The molecule has 2 N–H and O–H groups in total. The average Bonchev–Trinajstić information content (AvgIpc) is 2.78.